The van der Waals surface area contributed by atoms with Gasteiger partial charge in [-0.15, -0.1) is 0 Å². The van der Waals surface area contributed by atoms with Crippen molar-refractivity contribution in [2.75, 3.05) is 25.9 Å². The molecule has 1 aromatic heterocycles. The Morgan fingerprint density at radius 2 is 1.66 bits per heavy atom. The van der Waals surface area contributed by atoms with E-state index in [0.717, 1.165) is 39.1 Å². The predicted octanol–water partition coefficient (Wildman–Crippen LogP) is 4.48. The largest absolute Gasteiger partial charge is 0.506 e. The maximum absolute atomic E-state index is 11.7. The highest BCUT2D eigenvalue weighted by Crippen LogP contribution is 2.35. The first-order chi connectivity index (χ1) is 19.9. The number of aromatic nitrogens is 1. The van der Waals surface area contributed by atoms with E-state index in [0.29, 0.717) is 48.2 Å². The van der Waals surface area contributed by atoms with Crippen LogP contribution in [-0.2, 0) is 13.0 Å². The van der Waals surface area contributed by atoms with Crippen LogP contribution in [0, 0.1) is 0 Å². The number of nitrogens with two attached hydrogens (primary N) is 2. The molecule has 0 saturated heterocycles. The van der Waals surface area contributed by atoms with Crippen LogP contribution in [-0.4, -0.2) is 35.4 Å². The van der Waals surface area contributed by atoms with Gasteiger partial charge in [0.15, 0.2) is 0 Å². The number of aromatic amines is 1. The van der Waals surface area contributed by atoms with Gasteiger partial charge in [-0.2, -0.15) is 0 Å². The van der Waals surface area contributed by atoms with Gasteiger partial charge in [-0.05, 0) is 76.7 Å². The first-order valence-corrected chi connectivity index (χ1v) is 13.5. The summed E-state index contributed by atoms with van der Waals surface area (Å²) < 4.78 is 5.62. The Balaban J connectivity index is 1.25. The molecule has 1 heterocycles. The maximum Gasteiger partial charge on any atom is 0.248 e. The number of phenols is 1. The van der Waals surface area contributed by atoms with Crippen molar-refractivity contribution in [1.82, 2.24) is 10.3 Å². The van der Waals surface area contributed by atoms with Crippen LogP contribution in [0.5, 0.6) is 11.5 Å². The fourth-order valence-electron chi connectivity index (χ4n) is 5.06. The standard InChI is InChI=1S/C33H34N4O4/c1-41-31-12-8-23(16-27(31)21-4-2-20(18-34)3-5-21)24-7-6-22(28(35)17-24)14-15-36-19-30(39)25-9-11-29(38)33-26(25)10-13-32(40)37-33/h2-13,16-17,30,36,38-39H,14-15,18-19,34-35H2,1H3,(H,37,40)/t30-/m0/s1. The van der Waals surface area contributed by atoms with Crippen LogP contribution in [0.4, 0.5) is 5.69 Å². The monoisotopic (exact) mass is 550 g/mol. The Kier molecular flexibility index (Phi) is 8.35. The molecule has 8 heteroatoms. The summed E-state index contributed by atoms with van der Waals surface area (Å²) in [5.74, 6) is 0.758. The molecule has 0 aliphatic carbocycles. The van der Waals surface area contributed by atoms with Gasteiger partial charge in [-0.25, -0.2) is 0 Å². The number of hydrogen-bond acceptors (Lipinski definition) is 7. The van der Waals surface area contributed by atoms with Crippen molar-refractivity contribution in [3.63, 3.8) is 0 Å². The molecule has 5 aromatic rings. The topological polar surface area (TPSA) is 147 Å². The Bertz CT molecular complexity index is 1730. The van der Waals surface area contributed by atoms with Crippen molar-refractivity contribution < 1.29 is 14.9 Å². The minimum atomic E-state index is -0.820. The molecule has 0 amide bonds. The minimum Gasteiger partial charge on any atom is -0.506 e. The summed E-state index contributed by atoms with van der Waals surface area (Å²) in [4.78, 5) is 14.3. The van der Waals surface area contributed by atoms with Crippen LogP contribution in [0.2, 0.25) is 0 Å². The quantitative estimate of drug-likeness (QED) is 0.111. The maximum atomic E-state index is 11.7. The molecule has 0 spiro atoms. The number of nitrogen functional groups attached to an aromatic ring is 1. The van der Waals surface area contributed by atoms with Gasteiger partial charge < -0.3 is 36.7 Å². The van der Waals surface area contributed by atoms with Gasteiger partial charge in [-0.3, -0.25) is 4.79 Å². The molecule has 8 nitrogen and oxygen atoms in total. The predicted molar refractivity (Wildman–Crippen MR) is 164 cm³/mol. The Morgan fingerprint density at radius 3 is 2.39 bits per heavy atom. The molecule has 0 aliphatic rings. The number of methoxy groups -OCH3 is 1. The van der Waals surface area contributed by atoms with E-state index in [2.05, 4.69) is 34.6 Å². The van der Waals surface area contributed by atoms with Gasteiger partial charge in [0.25, 0.3) is 0 Å². The van der Waals surface area contributed by atoms with E-state index in [1.165, 1.54) is 12.1 Å². The van der Waals surface area contributed by atoms with Crippen LogP contribution in [0.25, 0.3) is 33.2 Å². The molecule has 0 saturated carbocycles. The molecule has 8 N–H and O–H groups in total. The zero-order chi connectivity index (χ0) is 28.9. The van der Waals surface area contributed by atoms with Gasteiger partial charge in [0.2, 0.25) is 5.56 Å². The molecule has 4 aromatic carbocycles. The molecule has 0 bridgehead atoms. The van der Waals surface area contributed by atoms with E-state index in [1.807, 2.05) is 36.4 Å². The number of hydrogen-bond donors (Lipinski definition) is 6. The van der Waals surface area contributed by atoms with Crippen LogP contribution >= 0.6 is 0 Å². The first-order valence-electron chi connectivity index (χ1n) is 13.5. The molecule has 0 aliphatic heterocycles. The first kappa shape index (κ1) is 27.9. The van der Waals surface area contributed by atoms with Crippen molar-refractivity contribution in [2.24, 2.45) is 5.73 Å². The Morgan fingerprint density at radius 1 is 0.927 bits per heavy atom. The second-order valence-electron chi connectivity index (χ2n) is 9.98. The highest BCUT2D eigenvalue weighted by molar-refractivity contribution is 5.87. The molecule has 0 unspecified atom stereocenters. The highest BCUT2D eigenvalue weighted by Gasteiger charge is 2.14. The van der Waals surface area contributed by atoms with Crippen molar-refractivity contribution in [3.8, 4) is 33.8 Å². The smallest absolute Gasteiger partial charge is 0.248 e. The summed E-state index contributed by atoms with van der Waals surface area (Å²) >= 11 is 0. The molecular weight excluding hydrogens is 516 g/mol. The molecule has 0 fully saturated rings. The second-order valence-corrected chi connectivity index (χ2v) is 9.98. The second kappa shape index (κ2) is 12.3. The lowest BCUT2D eigenvalue weighted by atomic mass is 9.96. The van der Waals surface area contributed by atoms with E-state index in [4.69, 9.17) is 16.2 Å². The number of aromatic hydroxyl groups is 1. The lowest BCUT2D eigenvalue weighted by molar-refractivity contribution is 0.176. The van der Waals surface area contributed by atoms with E-state index in [1.54, 1.807) is 19.2 Å². The fourth-order valence-corrected chi connectivity index (χ4v) is 5.06. The third-order valence-corrected chi connectivity index (χ3v) is 7.35. The number of H-pyrrole nitrogens is 1. The van der Waals surface area contributed by atoms with Crippen molar-refractivity contribution in [1.29, 1.82) is 0 Å². The number of aliphatic hydroxyl groups excluding tert-OH is 1. The van der Waals surface area contributed by atoms with Gasteiger partial charge >= 0.3 is 0 Å². The molecule has 210 valence electrons. The third kappa shape index (κ3) is 6.10. The summed E-state index contributed by atoms with van der Waals surface area (Å²) in [5, 5.41) is 24.8. The van der Waals surface area contributed by atoms with Crippen LogP contribution < -0.4 is 27.1 Å². The number of anilines is 1. The molecule has 1 atom stereocenters. The van der Waals surface area contributed by atoms with Gasteiger partial charge in [0.05, 0.1) is 18.7 Å². The number of rotatable bonds is 10. The summed E-state index contributed by atoms with van der Waals surface area (Å²) in [6.07, 6.45) is -0.136. The van der Waals surface area contributed by atoms with Gasteiger partial charge in [0.1, 0.15) is 11.5 Å². The zero-order valence-electron chi connectivity index (χ0n) is 22.9. The number of fused-ring (bicyclic) bond motifs is 1. The summed E-state index contributed by atoms with van der Waals surface area (Å²) in [7, 11) is 1.67. The number of nitrogens with one attached hydrogen (secondary N) is 2. The number of pyridine rings is 1. The summed E-state index contributed by atoms with van der Waals surface area (Å²) in [6, 6.07) is 26.5. The molecular formula is C33H34N4O4. The number of phenolic OH excluding ortho intramolecular Hbond substituents is 1. The van der Waals surface area contributed by atoms with Crippen LogP contribution in [0.3, 0.4) is 0 Å². The van der Waals surface area contributed by atoms with E-state index >= 15 is 0 Å². The minimum absolute atomic E-state index is 0.0347. The van der Waals surface area contributed by atoms with E-state index < -0.39 is 6.10 Å². The van der Waals surface area contributed by atoms with Crippen LogP contribution in [0.15, 0.2) is 89.7 Å². The normalized spacial score (nSPS) is 12.0. The Labute approximate surface area is 238 Å². The molecule has 0 radical (unpaired) electrons. The lowest BCUT2D eigenvalue weighted by Gasteiger charge is -2.16. The number of ether oxygens (including phenoxy) is 1. The number of benzene rings is 4. The van der Waals surface area contributed by atoms with Crippen molar-refractivity contribution >= 4 is 16.6 Å². The van der Waals surface area contributed by atoms with Crippen molar-refractivity contribution in [3.05, 3.63) is 112 Å². The average Bonchev–Trinajstić information content (AvgIpc) is 3.00. The van der Waals surface area contributed by atoms with Crippen LogP contribution in [0.1, 0.15) is 22.8 Å². The number of aliphatic hydroxyl groups is 1. The van der Waals surface area contributed by atoms with E-state index in [9.17, 15) is 15.0 Å². The molecule has 5 rings (SSSR count). The van der Waals surface area contributed by atoms with Gasteiger partial charge in [-0.1, -0.05) is 48.5 Å². The third-order valence-electron chi connectivity index (χ3n) is 7.35. The Hall–Kier alpha value is -4.63. The fraction of sp³-hybridized carbons (Fsp3) is 0.182. The average molecular weight is 551 g/mol. The van der Waals surface area contributed by atoms with Crippen molar-refractivity contribution in [2.45, 2.75) is 19.1 Å². The van der Waals surface area contributed by atoms with Gasteiger partial charge in [0, 0.05) is 35.8 Å². The summed E-state index contributed by atoms with van der Waals surface area (Å²) in [6.45, 7) is 1.41. The molecule has 41 heavy (non-hydrogen) atoms. The summed E-state index contributed by atoms with van der Waals surface area (Å²) in [5.41, 5.74) is 19.7. The highest BCUT2D eigenvalue weighted by atomic mass is 16.5. The SMILES string of the molecule is COc1ccc(-c2ccc(CCNC[C@H](O)c3ccc(O)c4[nH]c(=O)ccc34)c(N)c2)cc1-c1ccc(CN)cc1. The van der Waals surface area contributed by atoms with E-state index in [-0.39, 0.29) is 11.3 Å². The lowest BCUT2D eigenvalue weighted by Crippen LogP contribution is -2.24. The zero-order valence-corrected chi connectivity index (χ0v) is 22.9.